The zero-order valence-corrected chi connectivity index (χ0v) is 12.2. The molecule has 3 rings (SSSR count). The molecule has 20 heavy (non-hydrogen) atoms. The van der Waals surface area contributed by atoms with Crippen molar-refractivity contribution in [3.63, 3.8) is 0 Å². The van der Waals surface area contributed by atoms with Gasteiger partial charge in [0.2, 0.25) is 0 Å². The van der Waals surface area contributed by atoms with Crippen molar-refractivity contribution in [2.45, 2.75) is 26.8 Å². The topological polar surface area (TPSA) is 50.7 Å². The molecule has 1 N–H and O–H groups in total. The molecule has 104 valence electrons. The molecule has 0 aliphatic carbocycles. The van der Waals surface area contributed by atoms with Crippen LogP contribution in [0.15, 0.2) is 29.3 Å². The fourth-order valence-electron chi connectivity index (χ4n) is 2.32. The maximum atomic E-state index is 12.5. The Morgan fingerprint density at radius 2 is 2.20 bits per heavy atom. The summed E-state index contributed by atoms with van der Waals surface area (Å²) >= 11 is 6.01. The van der Waals surface area contributed by atoms with Gasteiger partial charge in [0.25, 0.3) is 5.56 Å². The number of fused-ring (bicyclic) bond motifs is 3. The number of benzene rings is 1. The SMILES string of the molecule is CC(C)CCn1cnc2c([nH]c3ccc(Cl)cc32)c1=O. The highest BCUT2D eigenvalue weighted by Crippen LogP contribution is 2.24. The molecule has 0 bridgehead atoms. The van der Waals surface area contributed by atoms with Gasteiger partial charge in [-0.2, -0.15) is 0 Å². The second-order valence-corrected chi connectivity index (χ2v) is 5.90. The third-order valence-electron chi connectivity index (χ3n) is 3.48. The van der Waals surface area contributed by atoms with Crippen molar-refractivity contribution in [2.24, 2.45) is 5.92 Å². The highest BCUT2D eigenvalue weighted by atomic mass is 35.5. The molecule has 0 amide bonds. The van der Waals surface area contributed by atoms with Gasteiger partial charge in [-0.1, -0.05) is 25.4 Å². The molecule has 0 aliphatic rings. The minimum absolute atomic E-state index is 0.0250. The Bertz CT molecular complexity index is 832. The molecule has 3 aromatic rings. The number of nitrogens with zero attached hydrogens (tertiary/aromatic N) is 2. The Morgan fingerprint density at radius 3 is 2.95 bits per heavy atom. The molecule has 4 nitrogen and oxygen atoms in total. The summed E-state index contributed by atoms with van der Waals surface area (Å²) in [6.45, 7) is 4.97. The third kappa shape index (κ3) is 2.20. The number of rotatable bonds is 3. The van der Waals surface area contributed by atoms with Crippen LogP contribution in [0.1, 0.15) is 20.3 Å². The molecule has 0 spiro atoms. The fourth-order valence-corrected chi connectivity index (χ4v) is 2.49. The summed E-state index contributed by atoms with van der Waals surface area (Å²) < 4.78 is 1.67. The first-order chi connectivity index (χ1) is 9.56. The fraction of sp³-hybridized carbons (Fsp3) is 0.333. The lowest BCUT2D eigenvalue weighted by molar-refractivity contribution is 0.506. The average molecular weight is 290 g/mol. The lowest BCUT2D eigenvalue weighted by Crippen LogP contribution is -2.21. The van der Waals surface area contributed by atoms with Gasteiger partial charge in [0.15, 0.2) is 0 Å². The van der Waals surface area contributed by atoms with Crippen molar-refractivity contribution < 1.29 is 0 Å². The minimum atomic E-state index is -0.0250. The minimum Gasteiger partial charge on any atom is -0.349 e. The molecule has 1 aromatic carbocycles. The van der Waals surface area contributed by atoms with E-state index in [-0.39, 0.29) is 5.56 Å². The van der Waals surface area contributed by atoms with Gasteiger partial charge in [-0.3, -0.25) is 9.36 Å². The van der Waals surface area contributed by atoms with Crippen molar-refractivity contribution >= 4 is 33.5 Å². The molecular weight excluding hydrogens is 274 g/mol. The van der Waals surface area contributed by atoms with Crippen molar-refractivity contribution in [3.8, 4) is 0 Å². The summed E-state index contributed by atoms with van der Waals surface area (Å²) in [7, 11) is 0. The second-order valence-electron chi connectivity index (χ2n) is 5.46. The zero-order valence-electron chi connectivity index (χ0n) is 11.5. The van der Waals surface area contributed by atoms with Crippen molar-refractivity contribution in [1.29, 1.82) is 0 Å². The number of aromatic amines is 1. The third-order valence-corrected chi connectivity index (χ3v) is 3.72. The molecule has 0 aliphatic heterocycles. The van der Waals surface area contributed by atoms with Gasteiger partial charge in [-0.15, -0.1) is 0 Å². The van der Waals surface area contributed by atoms with Gasteiger partial charge < -0.3 is 4.98 Å². The van der Waals surface area contributed by atoms with E-state index in [0.717, 1.165) is 17.3 Å². The molecule has 0 atom stereocenters. The van der Waals surface area contributed by atoms with Crippen LogP contribution >= 0.6 is 11.6 Å². The van der Waals surface area contributed by atoms with Crippen LogP contribution in [-0.4, -0.2) is 14.5 Å². The standard InChI is InChI=1S/C15H16ClN3O/c1-9(2)5-6-19-8-17-13-11-7-10(16)3-4-12(11)18-14(13)15(19)20/h3-4,7-9,18H,5-6H2,1-2H3. The Labute approximate surface area is 121 Å². The number of nitrogens with one attached hydrogen (secondary N) is 1. The molecule has 0 fully saturated rings. The predicted octanol–water partition coefficient (Wildman–Crippen LogP) is 3.58. The van der Waals surface area contributed by atoms with E-state index in [1.807, 2.05) is 12.1 Å². The highest BCUT2D eigenvalue weighted by Gasteiger charge is 2.11. The Hall–Kier alpha value is -1.81. The van der Waals surface area contributed by atoms with Gasteiger partial charge in [0.05, 0.1) is 6.33 Å². The van der Waals surface area contributed by atoms with Crippen molar-refractivity contribution in [3.05, 3.63) is 39.9 Å². The van der Waals surface area contributed by atoms with Gasteiger partial charge >= 0.3 is 0 Å². The first-order valence-corrected chi connectivity index (χ1v) is 7.10. The van der Waals surface area contributed by atoms with Crippen molar-refractivity contribution in [1.82, 2.24) is 14.5 Å². The number of hydrogen-bond donors (Lipinski definition) is 1. The molecular formula is C15H16ClN3O. The molecule has 5 heteroatoms. The average Bonchev–Trinajstić information content (AvgIpc) is 2.77. The predicted molar refractivity (Wildman–Crippen MR) is 82.3 cm³/mol. The summed E-state index contributed by atoms with van der Waals surface area (Å²) in [6.07, 6.45) is 2.58. The smallest absolute Gasteiger partial charge is 0.277 e. The van der Waals surface area contributed by atoms with Crippen LogP contribution in [0, 0.1) is 5.92 Å². The number of hydrogen-bond acceptors (Lipinski definition) is 2. The van der Waals surface area contributed by atoms with Gasteiger partial charge in [0, 0.05) is 22.5 Å². The van der Waals surface area contributed by atoms with Gasteiger partial charge in [0.1, 0.15) is 11.0 Å². The highest BCUT2D eigenvalue weighted by molar-refractivity contribution is 6.31. The van der Waals surface area contributed by atoms with Gasteiger partial charge in [-0.05, 0) is 30.5 Å². The number of aromatic nitrogens is 3. The normalized spacial score (nSPS) is 11.8. The van der Waals surface area contributed by atoms with Crippen molar-refractivity contribution in [2.75, 3.05) is 0 Å². The summed E-state index contributed by atoms with van der Waals surface area (Å²) in [6, 6.07) is 5.51. The summed E-state index contributed by atoms with van der Waals surface area (Å²) in [4.78, 5) is 20.0. The molecule has 0 saturated carbocycles. The first-order valence-electron chi connectivity index (χ1n) is 6.72. The van der Waals surface area contributed by atoms with Crippen LogP contribution in [0.2, 0.25) is 5.02 Å². The number of H-pyrrole nitrogens is 1. The van der Waals surface area contributed by atoms with Crippen LogP contribution in [0.4, 0.5) is 0 Å². The summed E-state index contributed by atoms with van der Waals surface area (Å²) in [5.74, 6) is 0.555. The quantitative estimate of drug-likeness (QED) is 0.801. The first kappa shape index (κ1) is 13.2. The Morgan fingerprint density at radius 1 is 1.40 bits per heavy atom. The zero-order chi connectivity index (χ0) is 14.3. The van der Waals surface area contributed by atoms with Gasteiger partial charge in [-0.25, -0.2) is 4.98 Å². The maximum Gasteiger partial charge on any atom is 0.277 e. The lowest BCUT2D eigenvalue weighted by atomic mass is 10.1. The van der Waals surface area contributed by atoms with Crippen LogP contribution < -0.4 is 5.56 Å². The van der Waals surface area contributed by atoms with Crippen LogP contribution in [-0.2, 0) is 6.54 Å². The van der Waals surface area contributed by atoms with Crippen LogP contribution in [0.25, 0.3) is 21.9 Å². The van der Waals surface area contributed by atoms with E-state index in [1.165, 1.54) is 0 Å². The monoisotopic (exact) mass is 289 g/mol. The molecule has 2 aromatic heterocycles. The lowest BCUT2D eigenvalue weighted by Gasteiger charge is -2.07. The maximum absolute atomic E-state index is 12.5. The summed E-state index contributed by atoms with van der Waals surface area (Å²) in [5.41, 5.74) is 2.10. The Kier molecular flexibility index (Phi) is 3.26. The van der Waals surface area contributed by atoms with E-state index in [9.17, 15) is 4.79 Å². The van der Waals surface area contributed by atoms with E-state index >= 15 is 0 Å². The number of aryl methyl sites for hydroxylation is 1. The molecule has 0 unspecified atom stereocenters. The number of halogens is 1. The van der Waals surface area contributed by atoms with E-state index in [2.05, 4.69) is 23.8 Å². The molecule has 2 heterocycles. The van der Waals surface area contributed by atoms with Crippen LogP contribution in [0.5, 0.6) is 0 Å². The molecule has 0 radical (unpaired) electrons. The van der Waals surface area contributed by atoms with E-state index in [0.29, 0.717) is 28.5 Å². The molecule has 0 saturated heterocycles. The largest absolute Gasteiger partial charge is 0.349 e. The van der Waals surface area contributed by atoms with E-state index in [4.69, 9.17) is 11.6 Å². The van der Waals surface area contributed by atoms with Crippen LogP contribution in [0.3, 0.4) is 0 Å². The second kappa shape index (κ2) is 4.94. The van der Waals surface area contributed by atoms with E-state index in [1.54, 1.807) is 17.0 Å². The Balaban J connectivity index is 2.18. The summed E-state index contributed by atoms with van der Waals surface area (Å²) in [5, 5.41) is 1.53. The van der Waals surface area contributed by atoms with E-state index < -0.39 is 0 Å².